The van der Waals surface area contributed by atoms with Crippen molar-refractivity contribution >= 4 is 0 Å². The lowest BCUT2D eigenvalue weighted by Crippen LogP contribution is -2.45. The van der Waals surface area contributed by atoms with Crippen LogP contribution in [-0.2, 0) is 6.54 Å². The van der Waals surface area contributed by atoms with Crippen LogP contribution in [0.2, 0.25) is 0 Å². The van der Waals surface area contributed by atoms with Gasteiger partial charge in [-0.1, -0.05) is 70.9 Å². The highest BCUT2D eigenvalue weighted by Gasteiger charge is 2.15. The second-order valence-corrected chi connectivity index (χ2v) is 7.68. The summed E-state index contributed by atoms with van der Waals surface area (Å²) in [6, 6.07) is 8.70. The van der Waals surface area contributed by atoms with E-state index in [1.165, 1.54) is 89.7 Å². The molecule has 3 heteroatoms. The number of ether oxygens (including phenoxy) is 1. The Kier molecular flexibility index (Phi) is 10.8. The van der Waals surface area contributed by atoms with Crippen LogP contribution in [0.5, 0.6) is 5.75 Å². The van der Waals surface area contributed by atoms with Crippen LogP contribution in [0.1, 0.15) is 70.8 Å². The molecule has 1 aromatic carbocycles. The fourth-order valence-corrected chi connectivity index (χ4v) is 3.68. The monoisotopic (exact) mass is 360 g/mol. The Bertz CT molecular complexity index is 469. The smallest absolute Gasteiger partial charge is 0.119 e. The van der Waals surface area contributed by atoms with Gasteiger partial charge in [0.2, 0.25) is 0 Å². The van der Waals surface area contributed by atoms with Crippen molar-refractivity contribution in [3.63, 3.8) is 0 Å². The predicted octanol–water partition coefficient (Wildman–Crippen LogP) is 5.34. The molecule has 2 rings (SSSR count). The summed E-state index contributed by atoms with van der Waals surface area (Å²) in [7, 11) is 0. The van der Waals surface area contributed by atoms with E-state index in [1.54, 1.807) is 0 Å². The predicted molar refractivity (Wildman–Crippen MR) is 112 cm³/mol. The lowest BCUT2D eigenvalue weighted by Gasteiger charge is -2.34. The Balaban J connectivity index is 1.58. The Hall–Kier alpha value is -1.06. The second-order valence-electron chi connectivity index (χ2n) is 7.68. The van der Waals surface area contributed by atoms with Crippen LogP contribution < -0.4 is 4.74 Å². The average molecular weight is 361 g/mol. The maximum atomic E-state index is 5.99. The molecule has 26 heavy (non-hydrogen) atoms. The Morgan fingerprint density at radius 2 is 1.46 bits per heavy atom. The fraction of sp³-hybridized carbons (Fsp3) is 0.739. The van der Waals surface area contributed by atoms with Gasteiger partial charge in [0, 0.05) is 32.7 Å². The molecule has 1 aliphatic heterocycles. The maximum absolute atomic E-state index is 5.99. The van der Waals surface area contributed by atoms with Crippen LogP contribution in [0.3, 0.4) is 0 Å². The number of benzene rings is 1. The highest BCUT2D eigenvalue weighted by molar-refractivity contribution is 5.28. The standard InChI is InChI=1S/C23H40N2O/c1-3-5-6-7-8-9-10-11-19-26-23-14-12-13-22(20-23)21-25-17-15-24(4-2)16-18-25/h12-14,20H,3-11,15-19,21H2,1-2H3. The van der Waals surface area contributed by atoms with Gasteiger partial charge in [-0.3, -0.25) is 4.90 Å². The number of piperazine rings is 1. The van der Waals surface area contributed by atoms with E-state index in [4.69, 9.17) is 4.74 Å². The summed E-state index contributed by atoms with van der Waals surface area (Å²) in [5, 5.41) is 0. The third-order valence-corrected chi connectivity index (χ3v) is 5.48. The van der Waals surface area contributed by atoms with Crippen molar-refractivity contribution in [3.05, 3.63) is 29.8 Å². The van der Waals surface area contributed by atoms with E-state index in [1.807, 2.05) is 0 Å². The quantitative estimate of drug-likeness (QED) is 0.441. The summed E-state index contributed by atoms with van der Waals surface area (Å²) < 4.78 is 5.99. The highest BCUT2D eigenvalue weighted by atomic mass is 16.5. The second kappa shape index (κ2) is 13.2. The molecule has 1 aliphatic rings. The summed E-state index contributed by atoms with van der Waals surface area (Å²) >= 11 is 0. The Labute approximate surface area is 161 Å². The van der Waals surface area contributed by atoms with E-state index < -0.39 is 0 Å². The van der Waals surface area contributed by atoms with Crippen molar-refractivity contribution in [3.8, 4) is 5.75 Å². The van der Waals surface area contributed by atoms with Crippen LogP contribution >= 0.6 is 0 Å². The molecule has 1 fully saturated rings. The number of rotatable bonds is 13. The van der Waals surface area contributed by atoms with Gasteiger partial charge in [-0.15, -0.1) is 0 Å². The highest BCUT2D eigenvalue weighted by Crippen LogP contribution is 2.17. The molecule has 1 saturated heterocycles. The van der Waals surface area contributed by atoms with Crippen LogP contribution in [0.15, 0.2) is 24.3 Å². The van der Waals surface area contributed by atoms with Crippen molar-refractivity contribution in [2.24, 2.45) is 0 Å². The van der Waals surface area contributed by atoms with Gasteiger partial charge in [0.15, 0.2) is 0 Å². The molecule has 0 aromatic heterocycles. The number of nitrogens with zero attached hydrogens (tertiary/aromatic N) is 2. The molecule has 0 bridgehead atoms. The van der Waals surface area contributed by atoms with E-state index >= 15 is 0 Å². The molecule has 0 unspecified atom stereocenters. The molecule has 0 atom stereocenters. The minimum Gasteiger partial charge on any atom is -0.494 e. The van der Waals surface area contributed by atoms with Gasteiger partial charge in [0.05, 0.1) is 6.61 Å². The summed E-state index contributed by atoms with van der Waals surface area (Å²) in [5.74, 6) is 1.04. The minimum absolute atomic E-state index is 0.855. The van der Waals surface area contributed by atoms with Crippen LogP contribution in [0.25, 0.3) is 0 Å². The molecule has 0 N–H and O–H groups in total. The SMILES string of the molecule is CCCCCCCCCCOc1cccc(CN2CCN(CC)CC2)c1. The first-order chi connectivity index (χ1) is 12.8. The average Bonchev–Trinajstić information content (AvgIpc) is 2.68. The van der Waals surface area contributed by atoms with Crippen molar-refractivity contribution < 1.29 is 4.74 Å². The number of unbranched alkanes of at least 4 members (excludes halogenated alkanes) is 7. The third kappa shape index (κ3) is 8.55. The maximum Gasteiger partial charge on any atom is 0.119 e. The Morgan fingerprint density at radius 1 is 0.808 bits per heavy atom. The number of hydrogen-bond donors (Lipinski definition) is 0. The zero-order chi connectivity index (χ0) is 18.5. The van der Waals surface area contributed by atoms with Crippen LogP contribution in [0, 0.1) is 0 Å². The zero-order valence-corrected chi connectivity index (χ0v) is 17.2. The van der Waals surface area contributed by atoms with Crippen molar-refractivity contribution in [2.75, 3.05) is 39.3 Å². The van der Waals surface area contributed by atoms with Crippen molar-refractivity contribution in [1.82, 2.24) is 9.80 Å². The first kappa shape index (κ1) is 21.2. The first-order valence-electron chi connectivity index (χ1n) is 11.0. The van der Waals surface area contributed by atoms with Gasteiger partial charge in [0.25, 0.3) is 0 Å². The van der Waals surface area contributed by atoms with Gasteiger partial charge in [-0.2, -0.15) is 0 Å². The summed E-state index contributed by atoms with van der Waals surface area (Å²) in [5.41, 5.74) is 1.38. The van der Waals surface area contributed by atoms with Gasteiger partial charge in [-0.25, -0.2) is 0 Å². The van der Waals surface area contributed by atoms with Crippen LogP contribution in [0.4, 0.5) is 0 Å². The van der Waals surface area contributed by atoms with Gasteiger partial charge in [-0.05, 0) is 30.7 Å². The van der Waals surface area contributed by atoms with Gasteiger partial charge < -0.3 is 9.64 Å². The topological polar surface area (TPSA) is 15.7 Å². The van der Waals surface area contributed by atoms with Crippen molar-refractivity contribution in [2.45, 2.75) is 71.8 Å². The van der Waals surface area contributed by atoms with Crippen LogP contribution in [-0.4, -0.2) is 49.1 Å². The Morgan fingerprint density at radius 3 is 2.15 bits per heavy atom. The molecule has 0 amide bonds. The molecule has 1 aromatic rings. The normalized spacial score (nSPS) is 16.1. The molecule has 0 saturated carbocycles. The van der Waals surface area contributed by atoms with E-state index in [2.05, 4.69) is 47.9 Å². The van der Waals surface area contributed by atoms with Gasteiger partial charge in [0.1, 0.15) is 5.75 Å². The lowest BCUT2D eigenvalue weighted by molar-refractivity contribution is 0.132. The molecule has 0 radical (unpaired) electrons. The van der Waals surface area contributed by atoms with E-state index in [0.717, 1.165) is 18.9 Å². The largest absolute Gasteiger partial charge is 0.494 e. The zero-order valence-electron chi connectivity index (χ0n) is 17.2. The molecule has 0 aliphatic carbocycles. The minimum atomic E-state index is 0.855. The first-order valence-corrected chi connectivity index (χ1v) is 11.0. The number of likely N-dealkylation sites (N-methyl/N-ethyl adjacent to an activating group) is 1. The van der Waals surface area contributed by atoms with E-state index in [9.17, 15) is 0 Å². The molecule has 148 valence electrons. The molecule has 1 heterocycles. The van der Waals surface area contributed by atoms with Crippen molar-refractivity contribution in [1.29, 1.82) is 0 Å². The van der Waals surface area contributed by atoms with E-state index in [-0.39, 0.29) is 0 Å². The molecule has 0 spiro atoms. The molecular weight excluding hydrogens is 320 g/mol. The number of hydrogen-bond acceptors (Lipinski definition) is 3. The lowest BCUT2D eigenvalue weighted by atomic mass is 10.1. The third-order valence-electron chi connectivity index (χ3n) is 5.48. The van der Waals surface area contributed by atoms with E-state index in [0.29, 0.717) is 0 Å². The summed E-state index contributed by atoms with van der Waals surface area (Å²) in [6.45, 7) is 12.4. The summed E-state index contributed by atoms with van der Waals surface area (Å²) in [6.07, 6.45) is 10.8. The summed E-state index contributed by atoms with van der Waals surface area (Å²) in [4.78, 5) is 5.09. The fourth-order valence-electron chi connectivity index (χ4n) is 3.68. The van der Waals surface area contributed by atoms with Gasteiger partial charge >= 0.3 is 0 Å². The molecular formula is C23H40N2O. The molecule has 3 nitrogen and oxygen atoms in total.